The van der Waals surface area contributed by atoms with Gasteiger partial charge in [0.1, 0.15) is 11.0 Å². The van der Waals surface area contributed by atoms with Crippen molar-refractivity contribution in [2.75, 3.05) is 0 Å². The van der Waals surface area contributed by atoms with Crippen molar-refractivity contribution in [3.05, 3.63) is 71.8 Å². The van der Waals surface area contributed by atoms with Gasteiger partial charge >= 0.3 is 0 Å². The minimum atomic E-state index is 0.125. The van der Waals surface area contributed by atoms with Crippen LogP contribution in [0.5, 0.6) is 0 Å². The first-order chi connectivity index (χ1) is 13.8. The van der Waals surface area contributed by atoms with E-state index < -0.39 is 0 Å². The summed E-state index contributed by atoms with van der Waals surface area (Å²) in [6.45, 7) is 4.62. The maximum Gasteiger partial charge on any atom is 0.112 e. The standard InChI is InChI=1S/C25H24N2S/c1-3-14-25(15-4-2)21-10-6-5-8-19(21)20-13-12-17(16-22(20)25)18-9-7-11-23-24(18)27-28-26-23/h5-13,16H,3-4,14-15H2,1-2H3. The van der Waals surface area contributed by atoms with Crippen LogP contribution in [-0.2, 0) is 5.41 Å². The maximum absolute atomic E-state index is 4.57. The second-order valence-corrected chi connectivity index (χ2v) is 8.35. The van der Waals surface area contributed by atoms with Gasteiger partial charge < -0.3 is 0 Å². The molecule has 0 fully saturated rings. The van der Waals surface area contributed by atoms with Crippen molar-refractivity contribution in [2.45, 2.75) is 44.9 Å². The van der Waals surface area contributed by atoms with Gasteiger partial charge in [-0.2, -0.15) is 8.75 Å². The monoisotopic (exact) mass is 384 g/mol. The van der Waals surface area contributed by atoms with E-state index in [0.29, 0.717) is 0 Å². The predicted octanol–water partition coefficient (Wildman–Crippen LogP) is 7.23. The highest BCUT2D eigenvalue weighted by Crippen LogP contribution is 2.54. The van der Waals surface area contributed by atoms with E-state index in [2.05, 4.69) is 77.2 Å². The average molecular weight is 385 g/mol. The van der Waals surface area contributed by atoms with Crippen LogP contribution in [0.25, 0.3) is 33.3 Å². The zero-order valence-corrected chi connectivity index (χ0v) is 17.2. The minimum absolute atomic E-state index is 0.125. The summed E-state index contributed by atoms with van der Waals surface area (Å²) in [7, 11) is 0. The van der Waals surface area contributed by atoms with Crippen LogP contribution >= 0.6 is 11.7 Å². The van der Waals surface area contributed by atoms with Gasteiger partial charge in [0.2, 0.25) is 0 Å². The van der Waals surface area contributed by atoms with E-state index in [0.717, 1.165) is 11.0 Å². The lowest BCUT2D eigenvalue weighted by Crippen LogP contribution is -2.25. The fourth-order valence-corrected chi connectivity index (χ4v) is 5.73. The molecule has 0 radical (unpaired) electrons. The summed E-state index contributed by atoms with van der Waals surface area (Å²) in [5, 5.41) is 0. The molecule has 1 aromatic heterocycles. The van der Waals surface area contributed by atoms with Crippen LogP contribution in [0.15, 0.2) is 60.7 Å². The molecule has 2 nitrogen and oxygen atoms in total. The van der Waals surface area contributed by atoms with E-state index in [4.69, 9.17) is 0 Å². The lowest BCUT2D eigenvalue weighted by Gasteiger charge is -2.32. The van der Waals surface area contributed by atoms with E-state index in [1.54, 1.807) is 0 Å². The van der Waals surface area contributed by atoms with E-state index >= 15 is 0 Å². The number of hydrogen-bond acceptors (Lipinski definition) is 3. The normalized spacial score (nSPS) is 14.2. The maximum atomic E-state index is 4.57. The van der Waals surface area contributed by atoms with Crippen LogP contribution < -0.4 is 0 Å². The van der Waals surface area contributed by atoms with Gasteiger partial charge in [-0.25, -0.2) is 0 Å². The second kappa shape index (κ2) is 6.82. The lowest BCUT2D eigenvalue weighted by atomic mass is 9.71. The zero-order chi connectivity index (χ0) is 19.1. The molecular formula is C25H24N2S. The molecule has 0 bridgehead atoms. The Hall–Kier alpha value is -2.52. The van der Waals surface area contributed by atoms with Gasteiger partial charge in [-0.15, -0.1) is 0 Å². The van der Waals surface area contributed by atoms with Gasteiger partial charge in [0.25, 0.3) is 0 Å². The van der Waals surface area contributed by atoms with Crippen molar-refractivity contribution in [1.82, 2.24) is 8.75 Å². The number of aromatic nitrogens is 2. The Labute approximate surface area is 170 Å². The summed E-state index contributed by atoms with van der Waals surface area (Å²) in [4.78, 5) is 0. The molecule has 0 saturated heterocycles. The predicted molar refractivity (Wildman–Crippen MR) is 119 cm³/mol. The van der Waals surface area contributed by atoms with Crippen LogP contribution in [0.3, 0.4) is 0 Å². The molecular weight excluding hydrogens is 360 g/mol. The number of rotatable bonds is 5. The third-order valence-electron chi connectivity index (χ3n) is 6.22. The topological polar surface area (TPSA) is 25.8 Å². The molecule has 3 heteroatoms. The van der Waals surface area contributed by atoms with Gasteiger partial charge in [0.05, 0.1) is 11.7 Å². The molecule has 0 N–H and O–H groups in total. The van der Waals surface area contributed by atoms with Crippen molar-refractivity contribution in [3.8, 4) is 22.3 Å². The second-order valence-electron chi connectivity index (χ2n) is 7.83. The first-order valence-corrected chi connectivity index (χ1v) is 11.0. The smallest absolute Gasteiger partial charge is 0.112 e. The Bertz CT molecular complexity index is 1150. The minimum Gasteiger partial charge on any atom is -0.173 e. The molecule has 1 heterocycles. The van der Waals surface area contributed by atoms with Gasteiger partial charge in [-0.1, -0.05) is 75.2 Å². The highest BCUT2D eigenvalue weighted by molar-refractivity contribution is 7.00. The summed E-state index contributed by atoms with van der Waals surface area (Å²) < 4.78 is 9.00. The molecule has 4 aromatic rings. The molecule has 0 amide bonds. The highest BCUT2D eigenvalue weighted by atomic mass is 32.1. The summed E-state index contributed by atoms with van der Waals surface area (Å²) in [6.07, 6.45) is 4.75. The summed E-state index contributed by atoms with van der Waals surface area (Å²) in [5.74, 6) is 0. The first-order valence-electron chi connectivity index (χ1n) is 10.2. The fourth-order valence-electron chi connectivity index (χ4n) is 5.18. The van der Waals surface area contributed by atoms with Crippen molar-refractivity contribution >= 4 is 22.8 Å². The molecule has 0 aliphatic heterocycles. The number of fused-ring (bicyclic) bond motifs is 4. The molecule has 0 saturated carbocycles. The number of benzene rings is 3. The third-order valence-corrected chi connectivity index (χ3v) is 6.76. The number of hydrogen-bond donors (Lipinski definition) is 0. The van der Waals surface area contributed by atoms with Crippen LogP contribution in [0, 0.1) is 0 Å². The van der Waals surface area contributed by atoms with Crippen LogP contribution in [-0.4, -0.2) is 8.75 Å². The van der Waals surface area contributed by atoms with Crippen LogP contribution in [0.2, 0.25) is 0 Å². The Balaban J connectivity index is 1.76. The summed E-state index contributed by atoms with van der Waals surface area (Å²) >= 11 is 1.29. The molecule has 1 aliphatic carbocycles. The fraction of sp³-hybridized carbons (Fsp3) is 0.280. The Morgan fingerprint density at radius 2 is 1.50 bits per heavy atom. The van der Waals surface area contributed by atoms with E-state index in [1.165, 1.54) is 70.8 Å². The Morgan fingerprint density at radius 3 is 2.32 bits per heavy atom. The third kappa shape index (κ3) is 2.46. The van der Waals surface area contributed by atoms with E-state index in [9.17, 15) is 0 Å². The van der Waals surface area contributed by atoms with Gasteiger partial charge in [0.15, 0.2) is 0 Å². The molecule has 140 valence electrons. The van der Waals surface area contributed by atoms with Crippen molar-refractivity contribution < 1.29 is 0 Å². The van der Waals surface area contributed by atoms with Crippen LogP contribution in [0.4, 0.5) is 0 Å². The quantitative estimate of drug-likeness (QED) is 0.363. The highest BCUT2D eigenvalue weighted by Gasteiger charge is 2.41. The van der Waals surface area contributed by atoms with Gasteiger partial charge in [-0.05, 0) is 52.8 Å². The van der Waals surface area contributed by atoms with Gasteiger partial charge in [-0.3, -0.25) is 0 Å². The lowest BCUT2D eigenvalue weighted by molar-refractivity contribution is 0.436. The van der Waals surface area contributed by atoms with E-state index in [1.807, 2.05) is 6.07 Å². The largest absolute Gasteiger partial charge is 0.173 e. The molecule has 0 unspecified atom stereocenters. The molecule has 0 spiro atoms. The van der Waals surface area contributed by atoms with Crippen molar-refractivity contribution in [2.24, 2.45) is 0 Å². The molecule has 3 aromatic carbocycles. The van der Waals surface area contributed by atoms with E-state index in [-0.39, 0.29) is 5.41 Å². The van der Waals surface area contributed by atoms with Crippen LogP contribution in [0.1, 0.15) is 50.7 Å². The van der Waals surface area contributed by atoms with Crippen molar-refractivity contribution in [3.63, 3.8) is 0 Å². The molecule has 0 atom stereocenters. The Morgan fingerprint density at radius 1 is 0.750 bits per heavy atom. The zero-order valence-electron chi connectivity index (χ0n) is 16.4. The van der Waals surface area contributed by atoms with Crippen molar-refractivity contribution in [1.29, 1.82) is 0 Å². The molecule has 1 aliphatic rings. The van der Waals surface area contributed by atoms with Gasteiger partial charge in [0, 0.05) is 11.0 Å². The summed E-state index contributed by atoms with van der Waals surface area (Å²) in [6, 6.07) is 22.4. The summed E-state index contributed by atoms with van der Waals surface area (Å²) in [5.41, 5.74) is 10.4. The molecule has 28 heavy (non-hydrogen) atoms. The Kier molecular flexibility index (Phi) is 4.28. The average Bonchev–Trinajstić information content (AvgIpc) is 3.31. The SMILES string of the molecule is CCCC1(CCC)c2ccccc2-c2ccc(-c3cccc4nsnc34)cc21. The molecule has 5 rings (SSSR count). The first kappa shape index (κ1) is 17.6. The number of nitrogens with zero attached hydrogens (tertiary/aromatic N) is 2.